The molecule has 0 radical (unpaired) electrons. The Labute approximate surface area is 167 Å². The summed E-state index contributed by atoms with van der Waals surface area (Å²) in [6.07, 6.45) is 0.372. The summed E-state index contributed by atoms with van der Waals surface area (Å²) in [4.78, 5) is 26.3. The van der Waals surface area contributed by atoms with E-state index in [9.17, 15) is 9.59 Å². The van der Waals surface area contributed by atoms with Crippen LogP contribution in [0.3, 0.4) is 0 Å². The quantitative estimate of drug-likeness (QED) is 0.672. The second-order valence-corrected chi connectivity index (χ2v) is 7.33. The van der Waals surface area contributed by atoms with Crippen molar-refractivity contribution in [2.24, 2.45) is 0 Å². The van der Waals surface area contributed by atoms with Gasteiger partial charge in [0.2, 0.25) is 11.0 Å². The molecule has 3 amide bonds. The fourth-order valence-corrected chi connectivity index (χ4v) is 3.25. The van der Waals surface area contributed by atoms with E-state index in [4.69, 9.17) is 0 Å². The number of nitrogens with zero attached hydrogens (tertiary/aromatic N) is 3. The Balaban J connectivity index is 1.73. The standard InChI is InChI=1S/C20H21N5O2S/c1-25(2)20(27)21-16(13-14-9-5-3-6-10-14)17(26)22-19-24-23-18(28-19)15-11-7-4-8-12-15/h3-12,16H,13H2,1-2H3,(H,21,27)(H,22,24,26). The monoisotopic (exact) mass is 395 g/mol. The summed E-state index contributed by atoms with van der Waals surface area (Å²) in [6, 6.07) is 18.1. The zero-order valence-electron chi connectivity index (χ0n) is 15.6. The SMILES string of the molecule is CN(C)C(=O)NC(Cc1ccccc1)C(=O)Nc1nnc(-c2ccccc2)s1. The van der Waals surface area contributed by atoms with Crippen molar-refractivity contribution in [3.63, 3.8) is 0 Å². The van der Waals surface area contributed by atoms with Gasteiger partial charge in [-0.15, -0.1) is 10.2 Å². The van der Waals surface area contributed by atoms with E-state index >= 15 is 0 Å². The lowest BCUT2D eigenvalue weighted by molar-refractivity contribution is -0.117. The van der Waals surface area contributed by atoms with E-state index in [2.05, 4.69) is 20.8 Å². The van der Waals surface area contributed by atoms with Crippen molar-refractivity contribution >= 4 is 28.4 Å². The third-order valence-corrected chi connectivity index (χ3v) is 4.87. The Morgan fingerprint density at radius 2 is 1.64 bits per heavy atom. The van der Waals surface area contributed by atoms with E-state index in [1.165, 1.54) is 16.2 Å². The number of benzene rings is 2. The van der Waals surface area contributed by atoms with Gasteiger partial charge in [0.1, 0.15) is 11.0 Å². The first-order valence-electron chi connectivity index (χ1n) is 8.74. The van der Waals surface area contributed by atoms with E-state index < -0.39 is 6.04 Å². The van der Waals surface area contributed by atoms with Crippen molar-refractivity contribution in [2.45, 2.75) is 12.5 Å². The maximum Gasteiger partial charge on any atom is 0.317 e. The highest BCUT2D eigenvalue weighted by atomic mass is 32.1. The average Bonchev–Trinajstić information content (AvgIpc) is 3.17. The van der Waals surface area contributed by atoms with E-state index in [0.29, 0.717) is 16.6 Å². The summed E-state index contributed by atoms with van der Waals surface area (Å²) in [6.45, 7) is 0. The Morgan fingerprint density at radius 1 is 1.00 bits per heavy atom. The molecule has 1 unspecified atom stereocenters. The number of hydrogen-bond donors (Lipinski definition) is 2. The number of carbonyl (C=O) groups excluding carboxylic acids is 2. The van der Waals surface area contributed by atoms with Crippen molar-refractivity contribution in [1.29, 1.82) is 0 Å². The fourth-order valence-electron chi connectivity index (χ4n) is 2.50. The number of aromatic nitrogens is 2. The van der Waals surface area contributed by atoms with Crippen LogP contribution in [0.2, 0.25) is 0 Å². The highest BCUT2D eigenvalue weighted by molar-refractivity contribution is 7.18. The molecule has 3 aromatic rings. The summed E-state index contributed by atoms with van der Waals surface area (Å²) in [5.74, 6) is -0.338. The normalized spacial score (nSPS) is 11.5. The van der Waals surface area contributed by atoms with Gasteiger partial charge < -0.3 is 10.2 Å². The first-order valence-corrected chi connectivity index (χ1v) is 9.56. The molecular formula is C20H21N5O2S. The highest BCUT2D eigenvalue weighted by Crippen LogP contribution is 2.26. The predicted octanol–water partition coefficient (Wildman–Crippen LogP) is 3.03. The molecule has 0 fully saturated rings. The fraction of sp³-hybridized carbons (Fsp3) is 0.200. The predicted molar refractivity (Wildman–Crippen MR) is 110 cm³/mol. The molecule has 144 valence electrons. The number of amides is 3. The minimum Gasteiger partial charge on any atom is -0.331 e. The summed E-state index contributed by atoms with van der Waals surface area (Å²) in [5, 5.41) is 14.8. The first-order chi connectivity index (χ1) is 13.5. The Hall–Kier alpha value is -3.26. The summed E-state index contributed by atoms with van der Waals surface area (Å²) >= 11 is 1.29. The van der Waals surface area contributed by atoms with Gasteiger partial charge >= 0.3 is 6.03 Å². The molecule has 1 heterocycles. The van der Waals surface area contributed by atoms with Crippen molar-refractivity contribution in [2.75, 3.05) is 19.4 Å². The molecule has 0 aliphatic heterocycles. The molecule has 1 aromatic heterocycles. The third-order valence-electron chi connectivity index (χ3n) is 3.98. The molecule has 7 nitrogen and oxygen atoms in total. The van der Waals surface area contributed by atoms with Gasteiger partial charge in [0.25, 0.3) is 0 Å². The number of carbonyl (C=O) groups is 2. The molecule has 2 N–H and O–H groups in total. The van der Waals surface area contributed by atoms with Gasteiger partial charge in [-0.3, -0.25) is 10.1 Å². The summed E-state index contributed by atoms with van der Waals surface area (Å²) in [7, 11) is 3.26. The molecule has 0 bridgehead atoms. The Morgan fingerprint density at radius 3 is 2.29 bits per heavy atom. The zero-order chi connectivity index (χ0) is 19.9. The molecule has 2 aromatic carbocycles. The lowest BCUT2D eigenvalue weighted by atomic mass is 10.1. The van der Waals surface area contributed by atoms with Gasteiger partial charge in [-0.05, 0) is 5.56 Å². The van der Waals surface area contributed by atoms with Crippen LogP contribution < -0.4 is 10.6 Å². The van der Waals surface area contributed by atoms with Gasteiger partial charge in [0, 0.05) is 26.1 Å². The second kappa shape index (κ2) is 9.09. The van der Waals surface area contributed by atoms with Crippen LogP contribution in [0.25, 0.3) is 10.6 Å². The molecule has 28 heavy (non-hydrogen) atoms. The number of rotatable bonds is 6. The molecule has 1 atom stereocenters. The number of nitrogens with one attached hydrogen (secondary N) is 2. The molecule has 3 rings (SSSR count). The topological polar surface area (TPSA) is 87.2 Å². The van der Waals surface area contributed by atoms with Crippen LogP contribution in [0.4, 0.5) is 9.93 Å². The van der Waals surface area contributed by atoms with Gasteiger partial charge in [0.05, 0.1) is 0 Å². The van der Waals surface area contributed by atoms with Crippen molar-refractivity contribution in [3.05, 3.63) is 66.2 Å². The summed E-state index contributed by atoms with van der Waals surface area (Å²) < 4.78 is 0. The van der Waals surface area contributed by atoms with Gasteiger partial charge in [-0.2, -0.15) is 0 Å². The molecule has 0 saturated carbocycles. The van der Waals surface area contributed by atoms with Crippen LogP contribution in [0.1, 0.15) is 5.56 Å². The van der Waals surface area contributed by atoms with Gasteiger partial charge in [0.15, 0.2) is 0 Å². The molecule has 0 spiro atoms. The maximum absolute atomic E-state index is 12.8. The smallest absolute Gasteiger partial charge is 0.317 e. The Kier molecular flexibility index (Phi) is 6.33. The maximum atomic E-state index is 12.8. The van der Waals surface area contributed by atoms with Crippen molar-refractivity contribution in [3.8, 4) is 10.6 Å². The first kappa shape index (κ1) is 19.5. The highest BCUT2D eigenvalue weighted by Gasteiger charge is 2.23. The van der Waals surface area contributed by atoms with E-state index in [0.717, 1.165) is 11.1 Å². The molecule has 0 saturated heterocycles. The number of urea groups is 1. The second-order valence-electron chi connectivity index (χ2n) is 6.35. The van der Waals surface area contributed by atoms with E-state index in [1.54, 1.807) is 14.1 Å². The van der Waals surface area contributed by atoms with Crippen LogP contribution in [-0.4, -0.2) is 47.2 Å². The molecule has 0 aliphatic carbocycles. The third kappa shape index (κ3) is 5.14. The largest absolute Gasteiger partial charge is 0.331 e. The van der Waals surface area contributed by atoms with Crippen LogP contribution in [0.15, 0.2) is 60.7 Å². The lowest BCUT2D eigenvalue weighted by Crippen LogP contribution is -2.48. The minimum absolute atomic E-state index is 0.335. The number of hydrogen-bond acceptors (Lipinski definition) is 5. The molecular weight excluding hydrogens is 374 g/mol. The van der Waals surface area contributed by atoms with Crippen molar-refractivity contribution in [1.82, 2.24) is 20.4 Å². The summed E-state index contributed by atoms with van der Waals surface area (Å²) in [5.41, 5.74) is 1.88. The lowest BCUT2D eigenvalue weighted by Gasteiger charge is -2.20. The van der Waals surface area contributed by atoms with Crippen molar-refractivity contribution < 1.29 is 9.59 Å². The zero-order valence-corrected chi connectivity index (χ0v) is 16.4. The van der Waals surface area contributed by atoms with E-state index in [-0.39, 0.29) is 11.9 Å². The van der Waals surface area contributed by atoms with E-state index in [1.807, 2.05) is 60.7 Å². The van der Waals surface area contributed by atoms with Gasteiger partial charge in [-0.25, -0.2) is 4.79 Å². The Bertz CT molecular complexity index is 928. The minimum atomic E-state index is -0.735. The van der Waals surface area contributed by atoms with Gasteiger partial charge in [-0.1, -0.05) is 72.0 Å². The van der Waals surface area contributed by atoms with Crippen LogP contribution in [0, 0.1) is 0 Å². The average molecular weight is 395 g/mol. The van der Waals surface area contributed by atoms with Crippen LogP contribution in [-0.2, 0) is 11.2 Å². The molecule has 8 heteroatoms. The van der Waals surface area contributed by atoms with Crippen LogP contribution in [0.5, 0.6) is 0 Å². The molecule has 0 aliphatic rings. The van der Waals surface area contributed by atoms with Crippen LogP contribution >= 0.6 is 11.3 Å². The number of anilines is 1.